The van der Waals surface area contributed by atoms with Crippen LogP contribution >= 0.6 is 0 Å². The maximum Gasteiger partial charge on any atom is 0.333 e. The summed E-state index contributed by atoms with van der Waals surface area (Å²) in [6, 6.07) is 0.280. The lowest BCUT2D eigenvalue weighted by molar-refractivity contribution is -0.144. The number of carboxylic acid groups (broad SMARTS) is 1. The van der Waals surface area contributed by atoms with Crippen LogP contribution in [-0.2, 0) is 4.79 Å². The van der Waals surface area contributed by atoms with Gasteiger partial charge in [-0.25, -0.2) is 4.79 Å². The molecule has 0 aromatic rings. The third kappa shape index (κ3) is 3.05. The Hall–Kier alpha value is -0.930. The van der Waals surface area contributed by atoms with E-state index in [0.29, 0.717) is 12.8 Å². The highest BCUT2D eigenvalue weighted by atomic mass is 16.4. The van der Waals surface area contributed by atoms with Crippen LogP contribution in [0.2, 0.25) is 0 Å². The summed E-state index contributed by atoms with van der Waals surface area (Å²) in [5, 5.41) is 18.0. The molecular formula is C13H22N2O2. The van der Waals surface area contributed by atoms with Crippen molar-refractivity contribution in [3.05, 3.63) is 0 Å². The van der Waals surface area contributed by atoms with Gasteiger partial charge in [-0.1, -0.05) is 38.5 Å². The summed E-state index contributed by atoms with van der Waals surface area (Å²) in [4.78, 5) is 11.4. The molecule has 0 bridgehead atoms. The molecule has 0 unspecified atom stereocenters. The van der Waals surface area contributed by atoms with E-state index in [-0.39, 0.29) is 6.04 Å². The van der Waals surface area contributed by atoms with Gasteiger partial charge < -0.3 is 5.11 Å². The van der Waals surface area contributed by atoms with Gasteiger partial charge in [0.1, 0.15) is 0 Å². The number of aliphatic carboxylic acids is 1. The third-order valence-corrected chi connectivity index (χ3v) is 4.07. The third-order valence-electron chi connectivity index (χ3n) is 4.07. The Kier molecular flexibility index (Phi) is 4.13. The van der Waals surface area contributed by atoms with Gasteiger partial charge in [0.25, 0.3) is 0 Å². The van der Waals surface area contributed by atoms with E-state index in [9.17, 15) is 9.90 Å². The van der Waals surface area contributed by atoms with E-state index in [4.69, 9.17) is 0 Å². The number of carbonyl (C=O) groups is 1. The van der Waals surface area contributed by atoms with Crippen molar-refractivity contribution in [2.75, 3.05) is 0 Å². The minimum absolute atomic E-state index is 0.280. The maximum atomic E-state index is 11.4. The molecule has 17 heavy (non-hydrogen) atoms. The molecule has 0 atom stereocenters. The van der Waals surface area contributed by atoms with Crippen LogP contribution in [0.25, 0.3) is 0 Å². The summed E-state index contributed by atoms with van der Waals surface area (Å²) in [6.45, 7) is 0. The minimum atomic E-state index is -0.893. The van der Waals surface area contributed by atoms with Gasteiger partial charge in [-0.2, -0.15) is 10.2 Å². The Bertz CT molecular complexity index is 290. The van der Waals surface area contributed by atoms with Gasteiger partial charge in [0, 0.05) is 0 Å². The summed E-state index contributed by atoms with van der Waals surface area (Å²) in [6.07, 6.45) is 10.3. The molecule has 0 aliphatic heterocycles. The zero-order valence-electron chi connectivity index (χ0n) is 10.4. The first-order valence-electron chi connectivity index (χ1n) is 6.88. The quantitative estimate of drug-likeness (QED) is 0.764. The average molecular weight is 238 g/mol. The van der Waals surface area contributed by atoms with Gasteiger partial charge in [-0.3, -0.25) is 0 Å². The van der Waals surface area contributed by atoms with Gasteiger partial charge in [0.05, 0.1) is 6.04 Å². The molecule has 0 aromatic carbocycles. The largest absolute Gasteiger partial charge is 0.479 e. The second kappa shape index (κ2) is 5.61. The molecular weight excluding hydrogens is 216 g/mol. The number of carboxylic acids is 1. The Labute approximate surface area is 103 Å². The molecule has 96 valence electrons. The van der Waals surface area contributed by atoms with Crippen molar-refractivity contribution in [2.45, 2.75) is 75.8 Å². The summed E-state index contributed by atoms with van der Waals surface area (Å²) >= 11 is 0. The van der Waals surface area contributed by atoms with Crippen LogP contribution in [0, 0.1) is 0 Å². The number of rotatable bonds is 3. The SMILES string of the molecule is O=C(O)C1(N=NC2CCCCC2)CCCCC1. The summed E-state index contributed by atoms with van der Waals surface area (Å²) in [5.41, 5.74) is -0.893. The molecule has 2 rings (SSSR count). The van der Waals surface area contributed by atoms with Crippen molar-refractivity contribution >= 4 is 5.97 Å². The van der Waals surface area contributed by atoms with E-state index in [1.54, 1.807) is 0 Å². The molecule has 4 nitrogen and oxygen atoms in total. The van der Waals surface area contributed by atoms with Crippen molar-refractivity contribution in [2.24, 2.45) is 10.2 Å². The van der Waals surface area contributed by atoms with E-state index in [1.807, 2.05) is 0 Å². The highest BCUT2D eigenvalue weighted by Gasteiger charge is 2.40. The molecule has 0 radical (unpaired) electrons. The van der Waals surface area contributed by atoms with Crippen LogP contribution in [0.3, 0.4) is 0 Å². The van der Waals surface area contributed by atoms with Crippen LogP contribution in [0.4, 0.5) is 0 Å². The average Bonchev–Trinajstić information content (AvgIpc) is 2.38. The minimum Gasteiger partial charge on any atom is -0.479 e. The maximum absolute atomic E-state index is 11.4. The van der Waals surface area contributed by atoms with Crippen LogP contribution in [-0.4, -0.2) is 22.7 Å². The van der Waals surface area contributed by atoms with Gasteiger partial charge in [0.15, 0.2) is 5.54 Å². The molecule has 1 N–H and O–H groups in total. The van der Waals surface area contributed by atoms with Gasteiger partial charge in [0.2, 0.25) is 0 Å². The standard InChI is InChI=1S/C13H22N2O2/c16-12(17)13(9-5-2-6-10-13)15-14-11-7-3-1-4-8-11/h11H,1-10H2,(H,16,17). The fraction of sp³-hybridized carbons (Fsp3) is 0.923. The van der Waals surface area contributed by atoms with Crippen LogP contribution in [0.1, 0.15) is 64.2 Å². The number of hydrogen-bond acceptors (Lipinski definition) is 3. The Balaban J connectivity index is 2.01. The lowest BCUT2D eigenvalue weighted by Crippen LogP contribution is -2.38. The molecule has 2 saturated carbocycles. The second-order valence-electron chi connectivity index (χ2n) is 5.40. The van der Waals surface area contributed by atoms with Crippen LogP contribution < -0.4 is 0 Å². The van der Waals surface area contributed by atoms with Gasteiger partial charge in [-0.15, -0.1) is 0 Å². The Morgan fingerprint density at radius 1 is 1.00 bits per heavy atom. The molecule has 2 aliphatic carbocycles. The molecule has 2 fully saturated rings. The fourth-order valence-corrected chi connectivity index (χ4v) is 2.88. The molecule has 0 saturated heterocycles. The second-order valence-corrected chi connectivity index (χ2v) is 5.40. The highest BCUT2D eigenvalue weighted by Crippen LogP contribution is 2.33. The van der Waals surface area contributed by atoms with Crippen molar-refractivity contribution in [1.29, 1.82) is 0 Å². The predicted octanol–water partition coefficient (Wildman–Crippen LogP) is 3.56. The predicted molar refractivity (Wildman–Crippen MR) is 65.2 cm³/mol. The molecule has 0 aromatic heterocycles. The van der Waals surface area contributed by atoms with E-state index in [2.05, 4.69) is 10.2 Å². The summed E-state index contributed by atoms with van der Waals surface area (Å²) < 4.78 is 0. The topological polar surface area (TPSA) is 62.0 Å². The molecule has 2 aliphatic rings. The number of azo groups is 1. The normalized spacial score (nSPS) is 26.1. The molecule has 0 amide bonds. The smallest absolute Gasteiger partial charge is 0.333 e. The number of hydrogen-bond donors (Lipinski definition) is 1. The zero-order valence-corrected chi connectivity index (χ0v) is 10.4. The Morgan fingerprint density at radius 3 is 2.18 bits per heavy atom. The van der Waals surface area contributed by atoms with Gasteiger partial charge >= 0.3 is 5.97 Å². The highest BCUT2D eigenvalue weighted by molar-refractivity contribution is 5.79. The lowest BCUT2D eigenvalue weighted by atomic mass is 9.82. The Morgan fingerprint density at radius 2 is 1.59 bits per heavy atom. The monoisotopic (exact) mass is 238 g/mol. The van der Waals surface area contributed by atoms with Crippen molar-refractivity contribution in [3.63, 3.8) is 0 Å². The summed E-state index contributed by atoms with van der Waals surface area (Å²) in [7, 11) is 0. The molecule has 0 heterocycles. The first kappa shape index (κ1) is 12.5. The summed E-state index contributed by atoms with van der Waals surface area (Å²) in [5.74, 6) is -0.781. The lowest BCUT2D eigenvalue weighted by Gasteiger charge is -2.28. The molecule has 4 heteroatoms. The van der Waals surface area contributed by atoms with Gasteiger partial charge in [-0.05, 0) is 25.7 Å². The van der Waals surface area contributed by atoms with Crippen LogP contribution in [0.5, 0.6) is 0 Å². The van der Waals surface area contributed by atoms with E-state index < -0.39 is 11.5 Å². The molecule has 0 spiro atoms. The van der Waals surface area contributed by atoms with E-state index in [0.717, 1.165) is 32.1 Å². The van der Waals surface area contributed by atoms with Crippen LogP contribution in [0.15, 0.2) is 10.2 Å². The van der Waals surface area contributed by atoms with E-state index >= 15 is 0 Å². The first-order valence-corrected chi connectivity index (χ1v) is 6.88. The zero-order chi connectivity index (χ0) is 12.1. The van der Waals surface area contributed by atoms with Crippen molar-refractivity contribution < 1.29 is 9.90 Å². The first-order chi connectivity index (χ1) is 8.23. The van der Waals surface area contributed by atoms with Crippen molar-refractivity contribution in [1.82, 2.24) is 0 Å². The van der Waals surface area contributed by atoms with E-state index in [1.165, 1.54) is 19.3 Å². The van der Waals surface area contributed by atoms with Crippen molar-refractivity contribution in [3.8, 4) is 0 Å². The fourth-order valence-electron chi connectivity index (χ4n) is 2.88. The number of nitrogens with zero attached hydrogens (tertiary/aromatic N) is 2.